The fourth-order valence-corrected chi connectivity index (χ4v) is 3.94. The Morgan fingerprint density at radius 3 is 2.69 bits per heavy atom. The van der Waals surface area contributed by atoms with E-state index in [1.54, 1.807) is 23.3 Å². The average molecular weight is 424 g/mol. The van der Waals surface area contributed by atoms with Crippen LogP contribution in [-0.2, 0) is 7.05 Å². The summed E-state index contributed by atoms with van der Waals surface area (Å²) in [4.78, 5) is 17.1. The van der Waals surface area contributed by atoms with E-state index in [-0.39, 0.29) is 5.82 Å². The fraction of sp³-hybridized carbons (Fsp3) is 0.0870. The van der Waals surface area contributed by atoms with Crippen molar-refractivity contribution in [3.05, 3.63) is 66.5 Å². The Labute approximate surface area is 181 Å². The maximum absolute atomic E-state index is 14.0. The number of pyridine rings is 2. The highest BCUT2D eigenvalue weighted by atomic mass is 19.1. The van der Waals surface area contributed by atoms with Crippen molar-refractivity contribution < 1.29 is 4.39 Å². The molecule has 2 N–H and O–H groups in total. The number of fused-ring (bicyclic) bond motifs is 2. The summed E-state index contributed by atoms with van der Waals surface area (Å²) in [6.07, 6.45) is 7.12. The molecule has 0 fully saturated rings. The molecule has 1 aromatic carbocycles. The number of nitrogens with zero attached hydrogens (tertiary/aromatic N) is 6. The summed E-state index contributed by atoms with van der Waals surface area (Å²) in [5.41, 5.74) is 6.75. The molecular weight excluding hydrogens is 407 g/mol. The van der Waals surface area contributed by atoms with Crippen LogP contribution in [0.2, 0.25) is 0 Å². The number of nitrogens with one attached hydrogen (secondary N) is 2. The molecule has 0 saturated heterocycles. The zero-order valence-corrected chi connectivity index (χ0v) is 17.3. The van der Waals surface area contributed by atoms with Crippen LogP contribution < -0.4 is 0 Å². The zero-order chi connectivity index (χ0) is 21.8. The standard InChI is InChI=1S/C23H17FN8/c1-12-5-13(7-15(24)6-12)20-22-17(3-4-25-20)28-23(29-22)21-16-8-18(14-9-27-32(2)11-14)26-10-19(16)30-31-21/h3-11H,1-2H3,(H,28,29)(H,30,31). The summed E-state index contributed by atoms with van der Waals surface area (Å²) in [7, 11) is 1.87. The SMILES string of the molecule is Cc1cc(F)cc(-c2nccc3[nH]c(-c4n[nH]c5cnc(-c6cnn(C)c6)cc45)nc23)c1. The highest BCUT2D eigenvalue weighted by molar-refractivity contribution is 5.96. The van der Waals surface area contributed by atoms with E-state index < -0.39 is 0 Å². The Morgan fingerprint density at radius 1 is 0.969 bits per heavy atom. The number of imidazole rings is 1. The molecule has 9 heteroatoms. The molecule has 0 bridgehead atoms. The Hall–Kier alpha value is -4.40. The lowest BCUT2D eigenvalue weighted by Gasteiger charge is -2.03. The van der Waals surface area contributed by atoms with Crippen LogP contribution in [0.3, 0.4) is 0 Å². The van der Waals surface area contributed by atoms with Gasteiger partial charge >= 0.3 is 0 Å². The van der Waals surface area contributed by atoms with Crippen molar-refractivity contribution in [2.45, 2.75) is 6.92 Å². The van der Waals surface area contributed by atoms with E-state index in [4.69, 9.17) is 4.98 Å². The molecule has 0 atom stereocenters. The molecule has 0 unspecified atom stereocenters. The summed E-state index contributed by atoms with van der Waals surface area (Å²) in [6.45, 7) is 1.85. The quantitative estimate of drug-likeness (QED) is 0.438. The van der Waals surface area contributed by atoms with Gasteiger partial charge in [0.05, 0.1) is 34.8 Å². The molecule has 0 spiro atoms. The van der Waals surface area contributed by atoms with Crippen LogP contribution in [0, 0.1) is 12.7 Å². The number of aryl methyl sites for hydroxylation is 2. The smallest absolute Gasteiger partial charge is 0.159 e. The summed E-state index contributed by atoms with van der Waals surface area (Å²) in [6, 6.07) is 8.67. The number of benzene rings is 1. The van der Waals surface area contributed by atoms with Crippen molar-refractivity contribution in [3.63, 3.8) is 0 Å². The lowest BCUT2D eigenvalue weighted by molar-refractivity contribution is 0.627. The first-order valence-electron chi connectivity index (χ1n) is 10.0. The van der Waals surface area contributed by atoms with Crippen molar-refractivity contribution in [2.24, 2.45) is 7.05 Å². The summed E-state index contributed by atoms with van der Waals surface area (Å²) < 4.78 is 15.7. The maximum Gasteiger partial charge on any atom is 0.159 e. The molecule has 5 aromatic heterocycles. The largest absolute Gasteiger partial charge is 0.336 e. The maximum atomic E-state index is 14.0. The minimum absolute atomic E-state index is 0.303. The van der Waals surface area contributed by atoms with Gasteiger partial charge in [0.2, 0.25) is 0 Å². The number of hydrogen-bond acceptors (Lipinski definition) is 5. The van der Waals surface area contributed by atoms with Gasteiger partial charge in [-0.05, 0) is 42.8 Å². The van der Waals surface area contributed by atoms with Crippen molar-refractivity contribution in [1.29, 1.82) is 0 Å². The Balaban J connectivity index is 1.51. The first-order valence-corrected chi connectivity index (χ1v) is 10.0. The molecule has 6 aromatic rings. The highest BCUT2D eigenvalue weighted by Gasteiger charge is 2.17. The topological polar surface area (TPSA) is 101 Å². The van der Waals surface area contributed by atoms with E-state index in [1.165, 1.54) is 12.1 Å². The van der Waals surface area contributed by atoms with E-state index in [9.17, 15) is 4.39 Å². The minimum Gasteiger partial charge on any atom is -0.336 e. The van der Waals surface area contributed by atoms with Gasteiger partial charge in [-0.2, -0.15) is 10.2 Å². The molecule has 0 aliphatic rings. The van der Waals surface area contributed by atoms with E-state index in [2.05, 4.69) is 30.2 Å². The van der Waals surface area contributed by atoms with Crippen LogP contribution in [0.1, 0.15) is 5.56 Å². The number of aromatic amines is 2. The van der Waals surface area contributed by atoms with Crippen molar-refractivity contribution in [2.75, 3.05) is 0 Å². The lowest BCUT2D eigenvalue weighted by Crippen LogP contribution is -1.88. The van der Waals surface area contributed by atoms with Crippen LogP contribution in [0.15, 0.2) is 55.1 Å². The predicted molar refractivity (Wildman–Crippen MR) is 119 cm³/mol. The van der Waals surface area contributed by atoms with Gasteiger partial charge in [0.15, 0.2) is 5.82 Å². The first kappa shape index (κ1) is 18.4. The summed E-state index contributed by atoms with van der Waals surface area (Å²) in [5.74, 6) is 0.292. The third-order valence-electron chi connectivity index (χ3n) is 5.39. The van der Waals surface area contributed by atoms with Crippen molar-refractivity contribution >= 4 is 21.9 Å². The van der Waals surface area contributed by atoms with Crippen LogP contribution in [-0.4, -0.2) is 39.9 Å². The number of rotatable bonds is 3. The molecule has 32 heavy (non-hydrogen) atoms. The van der Waals surface area contributed by atoms with Crippen LogP contribution in [0.5, 0.6) is 0 Å². The van der Waals surface area contributed by atoms with Gasteiger partial charge in [0.1, 0.15) is 17.0 Å². The highest BCUT2D eigenvalue weighted by Crippen LogP contribution is 2.32. The third kappa shape index (κ3) is 2.94. The Morgan fingerprint density at radius 2 is 1.88 bits per heavy atom. The van der Waals surface area contributed by atoms with E-state index in [0.717, 1.165) is 33.2 Å². The first-order chi connectivity index (χ1) is 15.5. The van der Waals surface area contributed by atoms with E-state index in [1.807, 2.05) is 38.4 Å². The second kappa shape index (κ2) is 6.81. The average Bonchev–Trinajstić information content (AvgIpc) is 3.49. The Kier molecular flexibility index (Phi) is 3.91. The van der Waals surface area contributed by atoms with Crippen molar-refractivity contribution in [3.8, 4) is 34.0 Å². The van der Waals surface area contributed by atoms with Gasteiger partial charge in [-0.15, -0.1) is 0 Å². The molecule has 6 rings (SSSR count). The fourth-order valence-electron chi connectivity index (χ4n) is 3.94. The van der Waals surface area contributed by atoms with Crippen LogP contribution in [0.4, 0.5) is 4.39 Å². The molecule has 8 nitrogen and oxygen atoms in total. The molecule has 156 valence electrons. The van der Waals surface area contributed by atoms with Gasteiger partial charge in [-0.25, -0.2) is 9.37 Å². The molecular formula is C23H17FN8. The second-order valence-electron chi connectivity index (χ2n) is 7.75. The number of halogens is 1. The Bertz CT molecular complexity index is 1600. The van der Waals surface area contributed by atoms with Gasteiger partial charge in [0, 0.05) is 36.0 Å². The van der Waals surface area contributed by atoms with Gasteiger partial charge < -0.3 is 4.98 Å². The van der Waals surface area contributed by atoms with E-state index in [0.29, 0.717) is 28.3 Å². The molecule has 0 aliphatic heterocycles. The summed E-state index contributed by atoms with van der Waals surface area (Å²) >= 11 is 0. The van der Waals surface area contributed by atoms with Gasteiger partial charge in [0.25, 0.3) is 0 Å². The molecule has 0 saturated carbocycles. The molecule has 0 aliphatic carbocycles. The van der Waals surface area contributed by atoms with Gasteiger partial charge in [-0.3, -0.25) is 19.7 Å². The van der Waals surface area contributed by atoms with Gasteiger partial charge in [-0.1, -0.05) is 0 Å². The molecule has 5 heterocycles. The number of hydrogen-bond donors (Lipinski definition) is 2. The minimum atomic E-state index is -0.303. The third-order valence-corrected chi connectivity index (χ3v) is 5.39. The molecule has 0 radical (unpaired) electrons. The summed E-state index contributed by atoms with van der Waals surface area (Å²) in [5, 5.41) is 12.6. The lowest BCUT2D eigenvalue weighted by atomic mass is 10.1. The van der Waals surface area contributed by atoms with Crippen LogP contribution in [0.25, 0.3) is 56.0 Å². The number of H-pyrrole nitrogens is 2. The molecule has 0 amide bonds. The monoisotopic (exact) mass is 424 g/mol. The van der Waals surface area contributed by atoms with E-state index >= 15 is 0 Å². The zero-order valence-electron chi connectivity index (χ0n) is 17.3. The van der Waals surface area contributed by atoms with Crippen molar-refractivity contribution in [1.82, 2.24) is 39.9 Å². The normalized spacial score (nSPS) is 11.6. The number of aromatic nitrogens is 8. The van der Waals surface area contributed by atoms with Crippen LogP contribution >= 0.6 is 0 Å². The predicted octanol–water partition coefficient (Wildman–Crippen LogP) is 4.41. The second-order valence-corrected chi connectivity index (χ2v) is 7.75.